The van der Waals surface area contributed by atoms with Crippen molar-refractivity contribution in [2.75, 3.05) is 6.61 Å². The molecule has 0 saturated carbocycles. The van der Waals surface area contributed by atoms with Gasteiger partial charge in [-0.15, -0.1) is 0 Å². The van der Waals surface area contributed by atoms with Crippen molar-refractivity contribution in [3.8, 4) is 6.07 Å². The first-order valence-corrected chi connectivity index (χ1v) is 8.11. The summed E-state index contributed by atoms with van der Waals surface area (Å²) >= 11 is 0. The molecule has 1 heterocycles. The van der Waals surface area contributed by atoms with Crippen molar-refractivity contribution in [1.29, 1.82) is 5.26 Å². The fraction of sp³-hybridized carbons (Fsp3) is 0.389. The zero-order valence-electron chi connectivity index (χ0n) is 14.2. The lowest BCUT2D eigenvalue weighted by Crippen LogP contribution is -2.36. The molecule has 1 aromatic heterocycles. The number of hydrogen-bond acceptors (Lipinski definition) is 4. The number of hydrogen-bond donors (Lipinski definition) is 1. The lowest BCUT2D eigenvalue weighted by molar-refractivity contribution is 0.0696. The minimum Gasteiger partial charge on any atom is -0.361 e. The van der Waals surface area contributed by atoms with Crippen LogP contribution < -0.4 is 11.2 Å². The minimum atomic E-state index is -1.72. The highest BCUT2D eigenvalue weighted by Crippen LogP contribution is 2.27. The molecule has 1 unspecified atom stereocenters. The fourth-order valence-electron chi connectivity index (χ4n) is 2.61. The third kappa shape index (κ3) is 4.03. The predicted molar refractivity (Wildman–Crippen MR) is 91.1 cm³/mol. The number of aromatic nitrogens is 2. The van der Waals surface area contributed by atoms with Gasteiger partial charge in [0.25, 0.3) is 5.56 Å². The Bertz CT molecular complexity index is 896. The maximum absolute atomic E-state index is 15.3. The SMILES string of the molecule is CCCOCn1c(C(F)c2cccc(C#N)c2)c(CC)c(=O)[nH]c1=O. The quantitative estimate of drug-likeness (QED) is 0.781. The van der Waals surface area contributed by atoms with E-state index in [0.29, 0.717) is 12.2 Å². The Hall–Kier alpha value is -2.72. The molecule has 0 aliphatic rings. The number of halogens is 1. The molecule has 1 atom stereocenters. The van der Waals surface area contributed by atoms with Gasteiger partial charge in [0.15, 0.2) is 6.17 Å². The van der Waals surface area contributed by atoms with Crippen molar-refractivity contribution in [2.24, 2.45) is 0 Å². The second-order valence-corrected chi connectivity index (χ2v) is 5.54. The van der Waals surface area contributed by atoms with E-state index in [9.17, 15) is 9.59 Å². The van der Waals surface area contributed by atoms with E-state index < -0.39 is 17.4 Å². The minimum absolute atomic E-state index is 0.0255. The third-order valence-electron chi connectivity index (χ3n) is 3.81. The van der Waals surface area contributed by atoms with E-state index in [1.165, 1.54) is 12.1 Å². The Labute approximate surface area is 144 Å². The van der Waals surface area contributed by atoms with Gasteiger partial charge in [-0.25, -0.2) is 9.18 Å². The molecule has 0 fully saturated rings. The van der Waals surface area contributed by atoms with Crippen LogP contribution in [0.2, 0.25) is 0 Å². The zero-order chi connectivity index (χ0) is 18.4. The summed E-state index contributed by atoms with van der Waals surface area (Å²) in [6.07, 6.45) is -0.711. The fourth-order valence-corrected chi connectivity index (χ4v) is 2.61. The molecule has 6 nitrogen and oxygen atoms in total. The van der Waals surface area contributed by atoms with E-state index in [2.05, 4.69) is 4.98 Å². The molecule has 2 rings (SSSR count). The average Bonchev–Trinajstić information content (AvgIpc) is 2.62. The van der Waals surface area contributed by atoms with Gasteiger partial charge in [0, 0.05) is 12.2 Å². The second kappa shape index (κ2) is 8.40. The predicted octanol–water partition coefficient (Wildman–Crippen LogP) is 2.41. The number of nitrogens with zero attached hydrogens (tertiary/aromatic N) is 2. The van der Waals surface area contributed by atoms with Gasteiger partial charge < -0.3 is 4.74 Å². The van der Waals surface area contributed by atoms with E-state index in [4.69, 9.17) is 10.00 Å². The molecule has 0 radical (unpaired) electrons. The van der Waals surface area contributed by atoms with Crippen LogP contribution in [0, 0.1) is 11.3 Å². The van der Waals surface area contributed by atoms with Gasteiger partial charge in [-0.05, 0) is 30.5 Å². The van der Waals surface area contributed by atoms with Gasteiger partial charge in [0.05, 0.1) is 17.3 Å². The van der Waals surface area contributed by atoms with Crippen molar-refractivity contribution in [2.45, 2.75) is 39.6 Å². The van der Waals surface area contributed by atoms with Crippen molar-refractivity contribution in [3.05, 3.63) is 67.5 Å². The summed E-state index contributed by atoms with van der Waals surface area (Å²) in [6.45, 7) is 3.89. The monoisotopic (exact) mass is 345 g/mol. The number of nitrogens with one attached hydrogen (secondary N) is 1. The Balaban J connectivity index is 2.61. The summed E-state index contributed by atoms with van der Waals surface area (Å²) in [6, 6.07) is 8.01. The van der Waals surface area contributed by atoms with Gasteiger partial charge in [-0.2, -0.15) is 5.26 Å². The molecule has 0 spiro atoms. The molecule has 132 valence electrons. The molecule has 1 aromatic carbocycles. The first-order chi connectivity index (χ1) is 12.0. The number of benzene rings is 1. The summed E-state index contributed by atoms with van der Waals surface area (Å²) in [4.78, 5) is 26.5. The van der Waals surface area contributed by atoms with Crippen LogP contribution in [0.3, 0.4) is 0 Å². The lowest BCUT2D eigenvalue weighted by Gasteiger charge is -2.19. The molecule has 1 N–H and O–H groups in total. The number of nitriles is 1. The Kier molecular flexibility index (Phi) is 6.25. The average molecular weight is 345 g/mol. The zero-order valence-corrected chi connectivity index (χ0v) is 14.2. The second-order valence-electron chi connectivity index (χ2n) is 5.54. The van der Waals surface area contributed by atoms with Crippen LogP contribution in [-0.4, -0.2) is 16.2 Å². The van der Waals surface area contributed by atoms with Crippen LogP contribution in [0.5, 0.6) is 0 Å². The summed E-state index contributed by atoms with van der Waals surface area (Å²) in [5.74, 6) is 0. The molecule has 25 heavy (non-hydrogen) atoms. The van der Waals surface area contributed by atoms with Crippen LogP contribution >= 0.6 is 0 Å². The highest BCUT2D eigenvalue weighted by molar-refractivity contribution is 5.37. The van der Waals surface area contributed by atoms with E-state index in [-0.39, 0.29) is 30.0 Å². The number of aromatic amines is 1. The van der Waals surface area contributed by atoms with Crippen LogP contribution in [0.15, 0.2) is 33.9 Å². The normalized spacial score (nSPS) is 11.9. The Morgan fingerprint density at radius 2 is 2.12 bits per heavy atom. The molecular formula is C18H20FN3O3. The molecule has 0 bridgehead atoms. The molecule has 2 aromatic rings. The van der Waals surface area contributed by atoms with E-state index in [0.717, 1.165) is 11.0 Å². The first kappa shape index (κ1) is 18.6. The van der Waals surface area contributed by atoms with Gasteiger partial charge in [-0.1, -0.05) is 26.0 Å². The van der Waals surface area contributed by atoms with Crippen LogP contribution in [0.25, 0.3) is 0 Å². The number of alkyl halides is 1. The van der Waals surface area contributed by atoms with Crippen molar-refractivity contribution >= 4 is 0 Å². The van der Waals surface area contributed by atoms with Crippen LogP contribution in [-0.2, 0) is 17.9 Å². The molecule has 0 aliphatic heterocycles. The number of ether oxygens (including phenoxy) is 1. The van der Waals surface area contributed by atoms with Gasteiger partial charge in [0.1, 0.15) is 6.73 Å². The maximum atomic E-state index is 15.3. The molecule has 0 amide bonds. The van der Waals surface area contributed by atoms with Crippen LogP contribution in [0.4, 0.5) is 4.39 Å². The summed E-state index contributed by atoms with van der Waals surface area (Å²) < 4.78 is 21.8. The topological polar surface area (TPSA) is 87.9 Å². The standard InChI is InChI=1S/C18H20FN3O3/c1-3-8-25-11-22-16(14(4-2)17(23)21-18(22)24)15(19)13-7-5-6-12(9-13)10-20/h5-7,9,15H,3-4,8,11H2,1-2H3,(H,21,23,24). The maximum Gasteiger partial charge on any atom is 0.330 e. The lowest BCUT2D eigenvalue weighted by atomic mass is 10.0. The van der Waals surface area contributed by atoms with Gasteiger partial charge in [-0.3, -0.25) is 14.3 Å². The molecule has 0 saturated heterocycles. The van der Waals surface area contributed by atoms with E-state index >= 15 is 4.39 Å². The smallest absolute Gasteiger partial charge is 0.330 e. The summed E-state index contributed by atoms with van der Waals surface area (Å²) in [7, 11) is 0. The Morgan fingerprint density at radius 1 is 1.36 bits per heavy atom. The number of H-pyrrole nitrogens is 1. The van der Waals surface area contributed by atoms with E-state index in [1.54, 1.807) is 19.1 Å². The van der Waals surface area contributed by atoms with Crippen molar-refractivity contribution < 1.29 is 9.13 Å². The van der Waals surface area contributed by atoms with Crippen LogP contribution in [0.1, 0.15) is 48.8 Å². The van der Waals surface area contributed by atoms with Gasteiger partial charge in [0.2, 0.25) is 0 Å². The Morgan fingerprint density at radius 3 is 2.76 bits per heavy atom. The van der Waals surface area contributed by atoms with Crippen molar-refractivity contribution in [1.82, 2.24) is 9.55 Å². The molecule has 0 aliphatic carbocycles. The molecular weight excluding hydrogens is 325 g/mol. The summed E-state index contributed by atoms with van der Waals surface area (Å²) in [5.41, 5.74) is -0.639. The van der Waals surface area contributed by atoms with Gasteiger partial charge >= 0.3 is 5.69 Å². The largest absolute Gasteiger partial charge is 0.361 e. The first-order valence-electron chi connectivity index (χ1n) is 8.11. The summed E-state index contributed by atoms with van der Waals surface area (Å²) in [5, 5.41) is 9.00. The third-order valence-corrected chi connectivity index (χ3v) is 3.81. The van der Waals surface area contributed by atoms with E-state index in [1.807, 2.05) is 13.0 Å². The van der Waals surface area contributed by atoms with Crippen molar-refractivity contribution in [3.63, 3.8) is 0 Å². The highest BCUT2D eigenvalue weighted by atomic mass is 19.1. The number of rotatable bonds is 7. The molecule has 7 heteroatoms. The highest BCUT2D eigenvalue weighted by Gasteiger charge is 2.24.